The second-order valence-electron chi connectivity index (χ2n) is 3.76. The first-order valence-electron chi connectivity index (χ1n) is 5.10. The van der Waals surface area contributed by atoms with Gasteiger partial charge in [-0.1, -0.05) is 0 Å². The summed E-state index contributed by atoms with van der Waals surface area (Å²) >= 11 is 0. The zero-order valence-electron chi connectivity index (χ0n) is 9.77. The van der Waals surface area contributed by atoms with Crippen LogP contribution in [0.4, 0.5) is 14.5 Å². The van der Waals surface area contributed by atoms with Crippen LogP contribution in [-0.4, -0.2) is 33.5 Å². The molecule has 0 radical (unpaired) electrons. The number of aliphatic carboxylic acids is 1. The minimum atomic E-state index is -4.46. The van der Waals surface area contributed by atoms with Gasteiger partial charge in [0.1, 0.15) is 6.04 Å². The molecule has 0 aliphatic heterocycles. The lowest BCUT2D eigenvalue weighted by molar-refractivity contribution is -0.139. The van der Waals surface area contributed by atoms with Gasteiger partial charge in [0.2, 0.25) is 0 Å². The number of hydrogen-bond acceptors (Lipinski definition) is 3. The standard InChI is InChI=1S/C10H12F2NO5P/c1-6(9(14)15)13(10(11)12)7-2-4-8(5-3-7)19(16,17)18/h2-6,10H,1H3,(H,14,15)(H2,16,17,18)/t6-/m0/s1. The lowest BCUT2D eigenvalue weighted by Gasteiger charge is -2.27. The molecule has 0 aromatic heterocycles. The molecule has 106 valence electrons. The maximum Gasteiger partial charge on any atom is 0.356 e. The smallest absolute Gasteiger partial charge is 0.356 e. The lowest BCUT2D eigenvalue weighted by atomic mass is 10.2. The minimum absolute atomic E-state index is 0.137. The Morgan fingerprint density at radius 1 is 1.26 bits per heavy atom. The van der Waals surface area contributed by atoms with Gasteiger partial charge in [0.05, 0.1) is 5.30 Å². The average molecular weight is 295 g/mol. The van der Waals surface area contributed by atoms with Gasteiger partial charge in [0.15, 0.2) is 0 Å². The summed E-state index contributed by atoms with van der Waals surface area (Å²) in [6.07, 6.45) is 0. The fraction of sp³-hybridized carbons (Fsp3) is 0.300. The van der Waals surface area contributed by atoms with Gasteiger partial charge in [0, 0.05) is 5.69 Å². The van der Waals surface area contributed by atoms with Crippen molar-refractivity contribution in [2.24, 2.45) is 0 Å². The molecule has 0 saturated heterocycles. The largest absolute Gasteiger partial charge is 0.480 e. The van der Waals surface area contributed by atoms with E-state index in [4.69, 9.17) is 14.9 Å². The first-order valence-corrected chi connectivity index (χ1v) is 6.71. The van der Waals surface area contributed by atoms with Crippen molar-refractivity contribution < 1.29 is 33.0 Å². The van der Waals surface area contributed by atoms with E-state index >= 15 is 0 Å². The molecule has 1 atom stereocenters. The number of alkyl halides is 2. The number of nitrogens with zero attached hydrogens (tertiary/aromatic N) is 1. The first-order chi connectivity index (χ1) is 8.64. The van der Waals surface area contributed by atoms with E-state index in [0.717, 1.165) is 31.2 Å². The highest BCUT2D eigenvalue weighted by Gasteiger charge is 2.28. The minimum Gasteiger partial charge on any atom is -0.480 e. The van der Waals surface area contributed by atoms with Crippen LogP contribution >= 0.6 is 7.60 Å². The summed E-state index contributed by atoms with van der Waals surface area (Å²) < 4.78 is 36.6. The number of carbonyl (C=O) groups is 1. The van der Waals surface area contributed by atoms with E-state index in [-0.39, 0.29) is 11.0 Å². The van der Waals surface area contributed by atoms with Crippen LogP contribution in [0.15, 0.2) is 24.3 Å². The van der Waals surface area contributed by atoms with Gasteiger partial charge >= 0.3 is 20.1 Å². The molecule has 3 N–H and O–H groups in total. The van der Waals surface area contributed by atoms with E-state index in [2.05, 4.69) is 0 Å². The Kier molecular flexibility index (Phi) is 4.62. The molecule has 1 aromatic rings. The molecule has 1 rings (SSSR count). The predicted molar refractivity (Wildman–Crippen MR) is 63.7 cm³/mol. The molecule has 9 heteroatoms. The third-order valence-electron chi connectivity index (χ3n) is 2.47. The maximum atomic E-state index is 12.8. The van der Waals surface area contributed by atoms with Crippen molar-refractivity contribution in [1.82, 2.24) is 0 Å². The van der Waals surface area contributed by atoms with Crippen LogP contribution in [0.1, 0.15) is 6.92 Å². The van der Waals surface area contributed by atoms with Crippen molar-refractivity contribution in [1.29, 1.82) is 0 Å². The average Bonchev–Trinajstić information content (AvgIpc) is 2.28. The molecule has 0 aliphatic rings. The predicted octanol–water partition coefficient (Wildman–Crippen LogP) is 0.992. The monoisotopic (exact) mass is 295 g/mol. The number of rotatable bonds is 5. The molecule has 0 amide bonds. The second kappa shape index (κ2) is 5.64. The third kappa shape index (κ3) is 3.73. The summed E-state index contributed by atoms with van der Waals surface area (Å²) in [5, 5.41) is 8.42. The number of benzene rings is 1. The van der Waals surface area contributed by atoms with Crippen LogP contribution in [0.3, 0.4) is 0 Å². The van der Waals surface area contributed by atoms with Crippen LogP contribution in [0.25, 0.3) is 0 Å². The number of carboxylic acid groups (broad SMARTS) is 1. The molecule has 0 fully saturated rings. The SMILES string of the molecule is C[C@@H](C(=O)O)N(c1ccc(P(=O)(O)O)cc1)C(F)F. The maximum absolute atomic E-state index is 12.8. The Balaban J connectivity index is 3.12. The fourth-order valence-corrected chi connectivity index (χ4v) is 1.98. The van der Waals surface area contributed by atoms with Crippen molar-refractivity contribution in [2.45, 2.75) is 19.5 Å². The first kappa shape index (κ1) is 15.6. The van der Waals surface area contributed by atoms with E-state index in [1.807, 2.05) is 0 Å². The van der Waals surface area contributed by atoms with Crippen molar-refractivity contribution in [2.75, 3.05) is 4.90 Å². The van der Waals surface area contributed by atoms with Crippen molar-refractivity contribution >= 4 is 24.6 Å². The van der Waals surface area contributed by atoms with Gasteiger partial charge in [-0.15, -0.1) is 0 Å². The Hall–Kier alpha value is -1.50. The van der Waals surface area contributed by atoms with Gasteiger partial charge in [0.25, 0.3) is 0 Å². The molecule has 0 spiro atoms. The Bertz CT molecular complexity index is 501. The van der Waals surface area contributed by atoms with Gasteiger partial charge in [-0.05, 0) is 31.2 Å². The van der Waals surface area contributed by atoms with Crippen molar-refractivity contribution in [3.05, 3.63) is 24.3 Å². The Morgan fingerprint density at radius 3 is 2.05 bits per heavy atom. The van der Waals surface area contributed by atoms with Crippen LogP contribution in [0.5, 0.6) is 0 Å². The Labute approximate surface area is 107 Å². The fourth-order valence-electron chi connectivity index (χ4n) is 1.44. The van der Waals surface area contributed by atoms with E-state index in [9.17, 15) is 18.1 Å². The molecule has 0 bridgehead atoms. The Morgan fingerprint density at radius 2 is 1.74 bits per heavy atom. The van der Waals surface area contributed by atoms with E-state index in [0.29, 0.717) is 4.90 Å². The zero-order chi connectivity index (χ0) is 14.8. The van der Waals surface area contributed by atoms with E-state index < -0.39 is 26.2 Å². The molecule has 6 nitrogen and oxygen atoms in total. The van der Waals surface area contributed by atoms with Gasteiger partial charge in [-0.2, -0.15) is 8.78 Å². The molecular formula is C10H12F2NO5P. The molecule has 19 heavy (non-hydrogen) atoms. The lowest BCUT2D eigenvalue weighted by Crippen LogP contribution is -2.42. The topological polar surface area (TPSA) is 98.1 Å². The highest BCUT2D eigenvalue weighted by atomic mass is 31.2. The van der Waals surface area contributed by atoms with Crippen molar-refractivity contribution in [3.63, 3.8) is 0 Å². The summed E-state index contributed by atoms with van der Waals surface area (Å²) in [7, 11) is -4.46. The summed E-state index contributed by atoms with van der Waals surface area (Å²) in [4.78, 5) is 28.8. The normalized spacial score (nSPS) is 13.4. The summed E-state index contributed by atoms with van der Waals surface area (Å²) in [6.45, 7) is -1.96. The number of hydrogen-bond donors (Lipinski definition) is 3. The summed E-state index contributed by atoms with van der Waals surface area (Å²) in [6, 6.07) is 2.58. The zero-order valence-corrected chi connectivity index (χ0v) is 10.7. The molecule has 0 unspecified atom stereocenters. The van der Waals surface area contributed by atoms with Gasteiger partial charge in [-0.25, -0.2) is 4.79 Å². The van der Waals surface area contributed by atoms with Crippen LogP contribution < -0.4 is 10.2 Å². The molecular weight excluding hydrogens is 283 g/mol. The van der Waals surface area contributed by atoms with Gasteiger partial charge < -0.3 is 19.8 Å². The molecule has 1 aromatic carbocycles. The van der Waals surface area contributed by atoms with Crippen LogP contribution in [0, 0.1) is 0 Å². The number of anilines is 1. The van der Waals surface area contributed by atoms with Crippen LogP contribution in [0.2, 0.25) is 0 Å². The third-order valence-corrected chi connectivity index (χ3v) is 3.44. The summed E-state index contributed by atoms with van der Waals surface area (Å²) in [5.74, 6) is -1.43. The van der Waals surface area contributed by atoms with Crippen LogP contribution in [-0.2, 0) is 9.36 Å². The summed E-state index contributed by atoms with van der Waals surface area (Å²) in [5.41, 5.74) is -0.137. The van der Waals surface area contributed by atoms with E-state index in [1.54, 1.807) is 0 Å². The van der Waals surface area contributed by atoms with Crippen molar-refractivity contribution in [3.8, 4) is 0 Å². The molecule has 0 saturated carbocycles. The quantitative estimate of drug-likeness (QED) is 0.553. The highest BCUT2D eigenvalue weighted by Crippen LogP contribution is 2.34. The number of carboxylic acids is 1. The van der Waals surface area contributed by atoms with Gasteiger partial charge in [-0.3, -0.25) is 4.57 Å². The number of halogens is 2. The second-order valence-corrected chi connectivity index (χ2v) is 5.36. The highest BCUT2D eigenvalue weighted by molar-refractivity contribution is 7.60. The molecule has 0 heterocycles. The molecule has 0 aliphatic carbocycles. The van der Waals surface area contributed by atoms with E-state index in [1.165, 1.54) is 0 Å².